The molecule has 34 heavy (non-hydrogen) atoms. The molecule has 2 heterocycles. The van der Waals surface area contributed by atoms with Crippen LogP contribution in [0.3, 0.4) is 0 Å². The monoisotopic (exact) mass is 479 g/mol. The number of imide groups is 1. The molecule has 8 nitrogen and oxygen atoms in total. The Morgan fingerprint density at radius 2 is 1.88 bits per heavy atom. The molecule has 1 aliphatic heterocycles. The van der Waals surface area contributed by atoms with Crippen molar-refractivity contribution in [3.05, 3.63) is 76.1 Å². The topological polar surface area (TPSA) is 87.5 Å². The first-order valence-corrected chi connectivity index (χ1v) is 11.3. The van der Waals surface area contributed by atoms with Gasteiger partial charge >= 0.3 is 6.03 Å². The molecule has 2 aromatic carbocycles. The van der Waals surface area contributed by atoms with E-state index >= 15 is 0 Å². The summed E-state index contributed by atoms with van der Waals surface area (Å²) in [5.74, 6) is -0.781. The summed E-state index contributed by atoms with van der Waals surface area (Å²) in [6.07, 6.45) is -0.103. The second-order valence-electron chi connectivity index (χ2n) is 8.47. The van der Waals surface area contributed by atoms with Crippen LogP contribution < -0.4 is 10.2 Å². The highest BCUT2D eigenvalue weighted by Crippen LogP contribution is 2.29. The predicted molar refractivity (Wildman–Crippen MR) is 131 cm³/mol. The van der Waals surface area contributed by atoms with E-state index in [9.17, 15) is 14.4 Å². The fourth-order valence-corrected chi connectivity index (χ4v) is 4.39. The molecule has 9 heteroatoms. The zero-order valence-corrected chi connectivity index (χ0v) is 20.3. The van der Waals surface area contributed by atoms with Gasteiger partial charge in [0.05, 0.1) is 24.3 Å². The van der Waals surface area contributed by atoms with Crippen LogP contribution in [0.5, 0.6) is 0 Å². The molecule has 1 aliphatic rings. The first-order valence-electron chi connectivity index (χ1n) is 10.9. The molecule has 1 unspecified atom stereocenters. The van der Waals surface area contributed by atoms with Crippen LogP contribution in [0.2, 0.25) is 5.02 Å². The number of anilines is 2. The number of aryl methyl sites for hydroxylation is 3. The summed E-state index contributed by atoms with van der Waals surface area (Å²) in [7, 11) is 1.83. The fourth-order valence-electron chi connectivity index (χ4n) is 4.20. The number of halogens is 1. The number of urea groups is 1. The van der Waals surface area contributed by atoms with Gasteiger partial charge in [-0.1, -0.05) is 29.8 Å². The lowest BCUT2D eigenvalue weighted by Gasteiger charge is -2.28. The first-order chi connectivity index (χ1) is 16.2. The number of aromatic nitrogens is 2. The minimum Gasteiger partial charge on any atom is -0.308 e. The number of rotatable bonds is 5. The Balaban J connectivity index is 1.69. The molecule has 0 aliphatic carbocycles. The minimum atomic E-state index is -0.953. The van der Waals surface area contributed by atoms with Gasteiger partial charge in [-0.25, -0.2) is 9.69 Å². The van der Waals surface area contributed by atoms with Crippen molar-refractivity contribution in [2.75, 3.05) is 10.2 Å². The van der Waals surface area contributed by atoms with Gasteiger partial charge < -0.3 is 10.2 Å². The summed E-state index contributed by atoms with van der Waals surface area (Å²) in [6.45, 7) is 5.78. The molecule has 1 fully saturated rings. The Morgan fingerprint density at radius 3 is 2.53 bits per heavy atom. The first kappa shape index (κ1) is 23.5. The van der Waals surface area contributed by atoms with Crippen LogP contribution >= 0.6 is 11.6 Å². The van der Waals surface area contributed by atoms with Crippen LogP contribution in [0.25, 0.3) is 0 Å². The number of hydrogen-bond donors (Lipinski definition) is 1. The van der Waals surface area contributed by atoms with E-state index < -0.39 is 18.0 Å². The summed E-state index contributed by atoms with van der Waals surface area (Å²) in [5, 5.41) is 7.72. The van der Waals surface area contributed by atoms with Crippen LogP contribution in [0.1, 0.15) is 28.9 Å². The van der Waals surface area contributed by atoms with E-state index in [0.29, 0.717) is 16.4 Å². The van der Waals surface area contributed by atoms with E-state index in [1.807, 2.05) is 33.9 Å². The summed E-state index contributed by atoms with van der Waals surface area (Å²) < 4.78 is 1.73. The number of nitrogens with one attached hydrogen (secondary N) is 1. The summed E-state index contributed by atoms with van der Waals surface area (Å²) in [5.41, 5.74) is 4.39. The molecule has 1 atom stereocenters. The van der Waals surface area contributed by atoms with Crippen LogP contribution in [0.4, 0.5) is 16.2 Å². The van der Waals surface area contributed by atoms with Gasteiger partial charge in [-0.3, -0.25) is 14.3 Å². The summed E-state index contributed by atoms with van der Waals surface area (Å²) in [4.78, 5) is 42.5. The third-order valence-corrected chi connectivity index (χ3v) is 6.32. The van der Waals surface area contributed by atoms with E-state index in [-0.39, 0.29) is 18.9 Å². The second-order valence-corrected chi connectivity index (χ2v) is 8.90. The molecule has 1 aromatic heterocycles. The highest BCUT2D eigenvalue weighted by atomic mass is 35.5. The third kappa shape index (κ3) is 4.54. The van der Waals surface area contributed by atoms with Crippen molar-refractivity contribution < 1.29 is 14.4 Å². The molecule has 0 bridgehead atoms. The Morgan fingerprint density at radius 1 is 1.15 bits per heavy atom. The lowest BCUT2D eigenvalue weighted by atomic mass is 10.1. The van der Waals surface area contributed by atoms with Gasteiger partial charge in [0, 0.05) is 29.0 Å². The molecule has 3 aromatic rings. The lowest BCUT2D eigenvalue weighted by molar-refractivity contribution is -0.122. The maximum absolute atomic E-state index is 13.5. The van der Waals surface area contributed by atoms with Gasteiger partial charge in [-0.2, -0.15) is 5.10 Å². The van der Waals surface area contributed by atoms with E-state index in [1.54, 1.807) is 47.1 Å². The number of amides is 4. The van der Waals surface area contributed by atoms with Crippen LogP contribution in [0, 0.1) is 20.8 Å². The van der Waals surface area contributed by atoms with Crippen molar-refractivity contribution in [1.29, 1.82) is 0 Å². The normalized spacial score (nSPS) is 15.7. The molecule has 0 spiro atoms. The van der Waals surface area contributed by atoms with Crippen molar-refractivity contribution >= 4 is 40.8 Å². The number of nitrogens with zero attached hydrogens (tertiary/aromatic N) is 4. The predicted octanol–water partition coefficient (Wildman–Crippen LogP) is 4.36. The van der Waals surface area contributed by atoms with Gasteiger partial charge in [-0.15, -0.1) is 0 Å². The van der Waals surface area contributed by atoms with Gasteiger partial charge in [0.1, 0.15) is 6.04 Å². The van der Waals surface area contributed by atoms with Gasteiger partial charge in [-0.05, 0) is 56.7 Å². The molecular formula is C25H26ClN5O3. The van der Waals surface area contributed by atoms with E-state index in [2.05, 4.69) is 10.4 Å². The average molecular weight is 480 g/mol. The Kier molecular flexibility index (Phi) is 6.43. The largest absolute Gasteiger partial charge is 0.322 e. The molecule has 4 rings (SSSR count). The van der Waals surface area contributed by atoms with Crippen molar-refractivity contribution in [3.8, 4) is 0 Å². The Labute approximate surface area is 203 Å². The Hall–Kier alpha value is -3.65. The third-order valence-electron chi connectivity index (χ3n) is 6.08. The van der Waals surface area contributed by atoms with Gasteiger partial charge in [0.15, 0.2) is 0 Å². The average Bonchev–Trinajstić information content (AvgIpc) is 3.19. The van der Waals surface area contributed by atoms with Gasteiger partial charge in [0.2, 0.25) is 5.91 Å². The molecule has 0 radical (unpaired) electrons. The maximum Gasteiger partial charge on any atom is 0.322 e. The van der Waals surface area contributed by atoms with E-state index in [0.717, 1.165) is 22.5 Å². The van der Waals surface area contributed by atoms with Crippen LogP contribution in [0.15, 0.2) is 48.5 Å². The van der Waals surface area contributed by atoms with Crippen LogP contribution in [-0.4, -0.2) is 38.6 Å². The summed E-state index contributed by atoms with van der Waals surface area (Å²) in [6, 6.07) is 12.5. The quantitative estimate of drug-likeness (QED) is 0.550. The summed E-state index contributed by atoms with van der Waals surface area (Å²) >= 11 is 6.07. The SMILES string of the molecule is Cc1cccc(N2C(=O)CC(N(Cc3c(C)nn(C)c3C)C(=O)Nc3cccc(Cl)c3)C2=O)c1. The molecule has 1 saturated heterocycles. The highest BCUT2D eigenvalue weighted by Gasteiger charge is 2.44. The number of hydrogen-bond acceptors (Lipinski definition) is 4. The van der Waals surface area contributed by atoms with Crippen molar-refractivity contribution in [2.45, 2.75) is 39.8 Å². The van der Waals surface area contributed by atoms with Crippen molar-refractivity contribution in [2.24, 2.45) is 7.05 Å². The fraction of sp³-hybridized carbons (Fsp3) is 0.280. The molecule has 4 amide bonds. The molecule has 176 valence electrons. The molecule has 0 saturated carbocycles. The minimum absolute atomic E-state index is 0.103. The Bertz CT molecular complexity index is 1290. The molecule has 1 N–H and O–H groups in total. The standard InChI is InChI=1S/C25H26ClN5O3/c1-15-7-5-10-20(11-15)31-23(32)13-22(24(31)33)30(14-21-16(2)28-29(4)17(21)3)25(34)27-19-9-6-8-18(26)12-19/h5-12,22H,13-14H2,1-4H3,(H,27,34). The molecular weight excluding hydrogens is 454 g/mol. The lowest BCUT2D eigenvalue weighted by Crippen LogP contribution is -2.47. The van der Waals surface area contributed by atoms with E-state index in [1.165, 1.54) is 9.80 Å². The van der Waals surface area contributed by atoms with E-state index in [4.69, 9.17) is 11.6 Å². The smallest absolute Gasteiger partial charge is 0.308 e. The highest BCUT2D eigenvalue weighted by molar-refractivity contribution is 6.31. The number of carbonyl (C=O) groups excluding carboxylic acids is 3. The van der Waals surface area contributed by atoms with Crippen molar-refractivity contribution in [3.63, 3.8) is 0 Å². The second kappa shape index (κ2) is 9.30. The van der Waals surface area contributed by atoms with Gasteiger partial charge in [0.25, 0.3) is 5.91 Å². The zero-order chi connectivity index (χ0) is 24.6. The maximum atomic E-state index is 13.5. The zero-order valence-electron chi connectivity index (χ0n) is 19.5. The van der Waals surface area contributed by atoms with Crippen molar-refractivity contribution in [1.82, 2.24) is 14.7 Å². The number of carbonyl (C=O) groups is 3. The number of benzene rings is 2. The van der Waals surface area contributed by atoms with Crippen LogP contribution in [-0.2, 0) is 23.2 Å².